The van der Waals surface area contributed by atoms with Crippen LogP contribution < -0.4 is 20.3 Å². The van der Waals surface area contributed by atoms with Gasteiger partial charge in [-0.1, -0.05) is 64.2 Å². The number of amides is 1. The van der Waals surface area contributed by atoms with Crippen molar-refractivity contribution in [1.82, 2.24) is 14.9 Å². The van der Waals surface area contributed by atoms with Crippen molar-refractivity contribution in [2.24, 2.45) is 0 Å². The molecule has 4 aromatic rings. The number of thiocarbonyl (C=S) groups is 1. The molecule has 0 radical (unpaired) electrons. The van der Waals surface area contributed by atoms with E-state index in [4.69, 9.17) is 26.7 Å². The number of halogens is 1. The molecule has 1 saturated heterocycles. The number of rotatable bonds is 6. The number of para-hydroxylation sites is 1. The number of carbonyl (C=O) groups excluding carboxylic acids is 1. The smallest absolute Gasteiger partial charge is 0.266 e. The highest BCUT2D eigenvalue weighted by Gasteiger charge is 2.22. The second kappa shape index (κ2) is 10.3. The molecule has 0 unspecified atom stereocenters. The molecule has 0 atom stereocenters. The van der Waals surface area contributed by atoms with Gasteiger partial charge in [0.2, 0.25) is 0 Å². The van der Waals surface area contributed by atoms with Gasteiger partial charge < -0.3 is 14.8 Å². The molecule has 1 aliphatic rings. The number of carbonyl (C=O) groups is 1. The summed E-state index contributed by atoms with van der Waals surface area (Å²) in [4.78, 5) is 30.6. The minimum absolute atomic E-state index is 0.0237. The van der Waals surface area contributed by atoms with Crippen molar-refractivity contribution >= 4 is 67.1 Å². The molecule has 3 aromatic carbocycles. The van der Waals surface area contributed by atoms with Crippen molar-refractivity contribution in [2.45, 2.75) is 6.61 Å². The third kappa shape index (κ3) is 4.92. The highest BCUT2D eigenvalue weighted by atomic mass is 79.9. The fourth-order valence-electron chi connectivity index (χ4n) is 3.76. The Morgan fingerprint density at radius 2 is 1.92 bits per heavy atom. The fraction of sp³-hybridized carbons (Fsp3) is 0.0769. The molecule has 1 aromatic heterocycles. The predicted molar refractivity (Wildman–Crippen MR) is 149 cm³/mol. The summed E-state index contributed by atoms with van der Waals surface area (Å²) in [6, 6.07) is 20.0. The van der Waals surface area contributed by atoms with E-state index in [0.717, 1.165) is 10.0 Å². The molecule has 36 heavy (non-hydrogen) atoms. The molecule has 0 saturated carbocycles. The molecule has 1 amide bonds. The lowest BCUT2D eigenvalue weighted by Gasteiger charge is -2.16. The van der Waals surface area contributed by atoms with Crippen LogP contribution in [0, 0.1) is 0 Å². The maximum absolute atomic E-state index is 13.4. The number of nitrogens with zero attached hydrogens (tertiary/aromatic N) is 2. The summed E-state index contributed by atoms with van der Waals surface area (Å²) in [5, 5.41) is 3.12. The van der Waals surface area contributed by atoms with E-state index in [1.165, 1.54) is 18.9 Å². The highest BCUT2D eigenvalue weighted by molar-refractivity contribution is 9.10. The van der Waals surface area contributed by atoms with Crippen LogP contribution >= 0.6 is 39.9 Å². The molecule has 1 fully saturated rings. The van der Waals surface area contributed by atoms with E-state index in [1.54, 1.807) is 34.9 Å². The van der Waals surface area contributed by atoms with Gasteiger partial charge in [-0.15, -0.1) is 0 Å². The summed E-state index contributed by atoms with van der Waals surface area (Å²) in [5.41, 5.74) is 1.84. The topological polar surface area (TPSA) is 82.5 Å². The van der Waals surface area contributed by atoms with Gasteiger partial charge in [-0.3, -0.25) is 14.2 Å². The Morgan fingerprint density at radius 3 is 2.67 bits per heavy atom. The number of thioether (sulfide) groups is 1. The summed E-state index contributed by atoms with van der Waals surface area (Å²) in [7, 11) is 1.54. The number of aromatic nitrogens is 2. The standard InChI is InChI=1S/C26H18BrN3O4S2/c1-33-21-11-15(12-22-24(31)29-26(35)36-22)9-10-20(21)34-14-23-28-19-8-3-2-7-18(19)25(32)30(23)17-6-4-5-16(27)13-17/h2-13H,14H2,1H3,(H,29,31,35). The predicted octanol–water partition coefficient (Wildman–Crippen LogP) is 5.22. The van der Waals surface area contributed by atoms with E-state index in [2.05, 4.69) is 21.2 Å². The normalized spacial score (nSPS) is 14.3. The lowest BCUT2D eigenvalue weighted by atomic mass is 10.2. The quantitative estimate of drug-likeness (QED) is 0.247. The van der Waals surface area contributed by atoms with Crippen LogP contribution in [0.3, 0.4) is 0 Å². The molecule has 0 spiro atoms. The third-order valence-electron chi connectivity index (χ3n) is 5.40. The average Bonchev–Trinajstić information content (AvgIpc) is 3.19. The summed E-state index contributed by atoms with van der Waals surface area (Å²) in [6.07, 6.45) is 1.74. The lowest BCUT2D eigenvalue weighted by Crippen LogP contribution is -2.25. The second-order valence-corrected chi connectivity index (χ2v) is 10.4. The van der Waals surface area contributed by atoms with Crippen LogP contribution in [0.2, 0.25) is 0 Å². The van der Waals surface area contributed by atoms with Crippen LogP contribution in [-0.4, -0.2) is 26.9 Å². The zero-order valence-electron chi connectivity index (χ0n) is 18.9. The minimum Gasteiger partial charge on any atom is -0.493 e. The molecule has 0 bridgehead atoms. The summed E-state index contributed by atoms with van der Waals surface area (Å²) >= 11 is 9.73. The maximum Gasteiger partial charge on any atom is 0.266 e. The Hall–Kier alpha value is -3.47. The highest BCUT2D eigenvalue weighted by Crippen LogP contribution is 2.32. The van der Waals surface area contributed by atoms with Crippen LogP contribution in [0.15, 0.2) is 80.9 Å². The van der Waals surface area contributed by atoms with E-state index in [-0.39, 0.29) is 18.1 Å². The van der Waals surface area contributed by atoms with Crippen LogP contribution in [0.25, 0.3) is 22.7 Å². The number of hydrogen-bond donors (Lipinski definition) is 1. The Bertz CT molecular complexity index is 1620. The number of methoxy groups -OCH3 is 1. The van der Waals surface area contributed by atoms with Gasteiger partial charge >= 0.3 is 0 Å². The largest absolute Gasteiger partial charge is 0.493 e. The van der Waals surface area contributed by atoms with Crippen molar-refractivity contribution in [3.63, 3.8) is 0 Å². The number of benzene rings is 3. The molecule has 180 valence electrons. The molecule has 5 rings (SSSR count). The average molecular weight is 580 g/mol. The Labute approximate surface area is 224 Å². The lowest BCUT2D eigenvalue weighted by molar-refractivity contribution is -0.115. The first-order valence-corrected chi connectivity index (χ1v) is 12.8. The van der Waals surface area contributed by atoms with Crippen molar-refractivity contribution in [3.8, 4) is 17.2 Å². The first-order chi connectivity index (χ1) is 17.4. The summed E-state index contributed by atoms with van der Waals surface area (Å²) in [6.45, 7) is 0.0237. The van der Waals surface area contributed by atoms with Crippen LogP contribution in [-0.2, 0) is 11.4 Å². The van der Waals surface area contributed by atoms with Gasteiger partial charge in [-0.2, -0.15) is 0 Å². The van der Waals surface area contributed by atoms with Gasteiger partial charge in [0.15, 0.2) is 17.3 Å². The second-order valence-electron chi connectivity index (χ2n) is 7.72. The van der Waals surface area contributed by atoms with Crippen molar-refractivity contribution in [3.05, 3.63) is 97.8 Å². The van der Waals surface area contributed by atoms with Crippen molar-refractivity contribution in [2.75, 3.05) is 7.11 Å². The Kier molecular flexibility index (Phi) is 6.90. The van der Waals surface area contributed by atoms with E-state index in [1.807, 2.05) is 42.5 Å². The van der Waals surface area contributed by atoms with Crippen molar-refractivity contribution < 1.29 is 14.3 Å². The van der Waals surface area contributed by atoms with Gasteiger partial charge in [0, 0.05) is 4.47 Å². The first-order valence-electron chi connectivity index (χ1n) is 10.8. The molecule has 1 N–H and O–H groups in total. The van der Waals surface area contributed by atoms with Gasteiger partial charge in [-0.05, 0) is 54.1 Å². The summed E-state index contributed by atoms with van der Waals surface area (Å²) < 4.78 is 14.4. The molecule has 1 aliphatic heterocycles. The number of nitrogens with one attached hydrogen (secondary N) is 1. The molecule has 7 nitrogen and oxygen atoms in total. The third-order valence-corrected chi connectivity index (χ3v) is 7.05. The summed E-state index contributed by atoms with van der Waals surface area (Å²) in [5.74, 6) is 1.17. The molecular formula is C26H18BrN3O4S2. The van der Waals surface area contributed by atoms with E-state index in [0.29, 0.717) is 43.1 Å². The van der Waals surface area contributed by atoms with Gasteiger partial charge in [0.25, 0.3) is 11.5 Å². The monoisotopic (exact) mass is 579 g/mol. The van der Waals surface area contributed by atoms with E-state index < -0.39 is 0 Å². The first kappa shape index (κ1) is 24.2. The zero-order valence-corrected chi connectivity index (χ0v) is 22.1. The fourth-order valence-corrected chi connectivity index (χ4v) is 5.20. The molecule has 10 heteroatoms. The van der Waals surface area contributed by atoms with E-state index >= 15 is 0 Å². The molecular weight excluding hydrogens is 562 g/mol. The Balaban J connectivity index is 1.50. The van der Waals surface area contributed by atoms with E-state index in [9.17, 15) is 9.59 Å². The van der Waals surface area contributed by atoms with Crippen molar-refractivity contribution in [1.29, 1.82) is 0 Å². The number of hydrogen-bond acceptors (Lipinski definition) is 7. The molecule has 0 aliphatic carbocycles. The van der Waals surface area contributed by atoms with Gasteiger partial charge in [0.05, 0.1) is 28.6 Å². The van der Waals surface area contributed by atoms with Crippen LogP contribution in [0.4, 0.5) is 0 Å². The van der Waals surface area contributed by atoms with Crippen LogP contribution in [0.1, 0.15) is 11.4 Å². The number of ether oxygens (including phenoxy) is 2. The minimum atomic E-state index is -0.225. The van der Waals surface area contributed by atoms with Gasteiger partial charge in [0.1, 0.15) is 10.9 Å². The maximum atomic E-state index is 13.4. The molecule has 2 heterocycles. The van der Waals surface area contributed by atoms with Crippen LogP contribution in [0.5, 0.6) is 11.5 Å². The van der Waals surface area contributed by atoms with Gasteiger partial charge in [-0.25, -0.2) is 4.98 Å². The zero-order chi connectivity index (χ0) is 25.2. The SMILES string of the molecule is COc1cc(C=C2SC(=S)NC2=O)ccc1OCc1nc2ccccc2c(=O)n1-c1cccc(Br)c1. The number of fused-ring (bicyclic) bond motifs is 1. The Morgan fingerprint density at radius 1 is 1.08 bits per heavy atom.